The van der Waals surface area contributed by atoms with Crippen LogP contribution in [-0.2, 0) is 9.53 Å². The summed E-state index contributed by atoms with van der Waals surface area (Å²) in [5, 5.41) is -0.0356. The monoisotopic (exact) mass is 323 g/mol. The van der Waals surface area contributed by atoms with Gasteiger partial charge in [0.2, 0.25) is 0 Å². The fraction of sp³-hybridized carbons (Fsp3) is 0.0667. The topological polar surface area (TPSA) is 90.7 Å². The van der Waals surface area contributed by atoms with E-state index in [4.69, 9.17) is 23.1 Å². The Hall–Kier alpha value is -2.60. The highest BCUT2D eigenvalue weighted by molar-refractivity contribution is 6.44. The molecule has 5 nitrogen and oxygen atoms in total. The van der Waals surface area contributed by atoms with Crippen LogP contribution in [0.25, 0.3) is 5.70 Å². The van der Waals surface area contributed by atoms with Gasteiger partial charge in [-0.25, -0.2) is 14.2 Å². The molecule has 0 fully saturated rings. The van der Waals surface area contributed by atoms with Crippen LogP contribution in [0.5, 0.6) is 0 Å². The predicted octanol–water partition coefficient (Wildman–Crippen LogP) is 2.38. The third-order valence-electron chi connectivity index (χ3n) is 2.65. The Balaban J connectivity index is 3.35. The summed E-state index contributed by atoms with van der Waals surface area (Å²) in [4.78, 5) is 15.9. The Labute approximate surface area is 132 Å². The van der Waals surface area contributed by atoms with Crippen LogP contribution in [0.2, 0.25) is 5.02 Å². The standard InChI is InChI=1S/C15H15ClFN3O2/c1-4-10(14(18)19)13(15(21)22-3)20-8(2)9-5-6-11(16)12(17)7-9/h4-7H,1-2,18-19H2,3H3/b20-13+. The van der Waals surface area contributed by atoms with Gasteiger partial charge in [0, 0.05) is 11.1 Å². The van der Waals surface area contributed by atoms with Crippen LogP contribution in [0.1, 0.15) is 5.56 Å². The van der Waals surface area contributed by atoms with Crippen LogP contribution in [0.4, 0.5) is 4.39 Å². The lowest BCUT2D eigenvalue weighted by Crippen LogP contribution is -2.23. The van der Waals surface area contributed by atoms with Gasteiger partial charge in [-0.1, -0.05) is 36.9 Å². The Bertz CT molecular complexity index is 692. The van der Waals surface area contributed by atoms with E-state index in [2.05, 4.69) is 22.9 Å². The number of esters is 1. The van der Waals surface area contributed by atoms with Gasteiger partial charge in [-0.3, -0.25) is 0 Å². The number of allylic oxidation sites excluding steroid dienone is 1. The second kappa shape index (κ2) is 7.42. The van der Waals surface area contributed by atoms with E-state index in [0.717, 1.165) is 6.07 Å². The fourth-order valence-electron chi connectivity index (χ4n) is 1.54. The molecule has 0 heterocycles. The van der Waals surface area contributed by atoms with Crippen molar-refractivity contribution in [1.29, 1.82) is 0 Å². The first-order valence-electron chi connectivity index (χ1n) is 6.01. The third kappa shape index (κ3) is 3.95. The molecule has 22 heavy (non-hydrogen) atoms. The van der Waals surface area contributed by atoms with E-state index >= 15 is 0 Å². The Morgan fingerprint density at radius 2 is 2.09 bits per heavy atom. The zero-order chi connectivity index (χ0) is 16.9. The molecule has 0 saturated carbocycles. The normalized spacial score (nSPS) is 10.8. The average Bonchev–Trinajstić information content (AvgIpc) is 2.48. The van der Waals surface area contributed by atoms with Crippen LogP contribution < -0.4 is 11.5 Å². The molecule has 0 aliphatic carbocycles. The average molecular weight is 324 g/mol. The molecule has 0 radical (unpaired) electrons. The molecular weight excluding hydrogens is 309 g/mol. The van der Waals surface area contributed by atoms with Gasteiger partial charge in [0.25, 0.3) is 0 Å². The van der Waals surface area contributed by atoms with E-state index in [0.29, 0.717) is 5.56 Å². The summed E-state index contributed by atoms with van der Waals surface area (Å²) in [6.07, 6.45) is 1.26. The van der Waals surface area contributed by atoms with E-state index in [-0.39, 0.29) is 27.8 Å². The molecular formula is C15H15ClFN3O2. The van der Waals surface area contributed by atoms with Crippen molar-refractivity contribution in [2.24, 2.45) is 16.5 Å². The number of halogens is 2. The lowest BCUT2D eigenvalue weighted by molar-refractivity contribution is -0.132. The SMILES string of the molecule is C=CC(=C(N)N)/C(=N\C(=C)c1ccc(Cl)c(F)c1)C(=O)OC. The number of nitrogens with two attached hydrogens (primary N) is 2. The van der Waals surface area contributed by atoms with Crippen molar-refractivity contribution in [2.75, 3.05) is 7.11 Å². The number of hydrogen-bond acceptors (Lipinski definition) is 5. The molecule has 0 atom stereocenters. The molecule has 0 saturated heterocycles. The minimum Gasteiger partial charge on any atom is -0.464 e. The zero-order valence-electron chi connectivity index (χ0n) is 11.9. The van der Waals surface area contributed by atoms with Gasteiger partial charge in [-0.15, -0.1) is 0 Å². The highest BCUT2D eigenvalue weighted by Crippen LogP contribution is 2.22. The van der Waals surface area contributed by atoms with Gasteiger partial charge in [0.05, 0.1) is 17.8 Å². The second-order valence-electron chi connectivity index (χ2n) is 4.10. The summed E-state index contributed by atoms with van der Waals surface area (Å²) in [6.45, 7) is 7.20. The van der Waals surface area contributed by atoms with Crippen molar-refractivity contribution in [1.82, 2.24) is 0 Å². The Morgan fingerprint density at radius 3 is 2.55 bits per heavy atom. The Morgan fingerprint density at radius 1 is 1.45 bits per heavy atom. The lowest BCUT2D eigenvalue weighted by Gasteiger charge is -2.09. The highest BCUT2D eigenvalue weighted by Gasteiger charge is 2.18. The first kappa shape index (κ1) is 17.5. The molecule has 0 aliphatic rings. The summed E-state index contributed by atoms with van der Waals surface area (Å²) in [6, 6.07) is 4.01. The molecule has 0 spiro atoms. The number of rotatable bonds is 5. The van der Waals surface area contributed by atoms with Gasteiger partial charge in [-0.2, -0.15) is 0 Å². The summed E-state index contributed by atoms with van der Waals surface area (Å²) < 4.78 is 18.1. The molecule has 0 bridgehead atoms. The van der Waals surface area contributed by atoms with Crippen LogP contribution >= 0.6 is 11.6 Å². The minimum atomic E-state index is -0.779. The number of nitrogens with zero attached hydrogens (tertiary/aromatic N) is 1. The number of aliphatic imine (C=N–C) groups is 1. The number of ether oxygens (including phenoxy) is 1. The van der Waals surface area contributed by atoms with Gasteiger partial charge >= 0.3 is 5.97 Å². The van der Waals surface area contributed by atoms with Crippen molar-refractivity contribution < 1.29 is 13.9 Å². The minimum absolute atomic E-state index is 0.0356. The molecule has 0 amide bonds. The number of carbonyl (C=O) groups is 1. The molecule has 0 unspecified atom stereocenters. The van der Waals surface area contributed by atoms with Crippen molar-refractivity contribution in [2.45, 2.75) is 0 Å². The van der Waals surface area contributed by atoms with E-state index < -0.39 is 11.8 Å². The summed E-state index contributed by atoms with van der Waals surface area (Å²) >= 11 is 5.61. The summed E-state index contributed by atoms with van der Waals surface area (Å²) in [7, 11) is 1.18. The van der Waals surface area contributed by atoms with Crippen LogP contribution in [0, 0.1) is 5.82 Å². The van der Waals surface area contributed by atoms with Gasteiger partial charge < -0.3 is 16.2 Å². The predicted molar refractivity (Wildman–Crippen MR) is 85.5 cm³/mol. The number of hydrogen-bond donors (Lipinski definition) is 2. The molecule has 0 aliphatic heterocycles. The van der Waals surface area contributed by atoms with Crippen molar-refractivity contribution in [3.8, 4) is 0 Å². The van der Waals surface area contributed by atoms with Crippen molar-refractivity contribution >= 4 is 29.0 Å². The van der Waals surface area contributed by atoms with E-state index in [1.165, 1.54) is 25.3 Å². The maximum Gasteiger partial charge on any atom is 0.357 e. The third-order valence-corrected chi connectivity index (χ3v) is 2.96. The summed E-state index contributed by atoms with van der Waals surface area (Å²) in [5.74, 6) is -1.57. The Kier molecular flexibility index (Phi) is 5.89. The molecule has 1 rings (SSSR count). The molecule has 1 aromatic carbocycles. The quantitative estimate of drug-likeness (QED) is 0.494. The number of methoxy groups -OCH3 is 1. The lowest BCUT2D eigenvalue weighted by atomic mass is 10.1. The molecule has 7 heteroatoms. The van der Waals surface area contributed by atoms with Crippen molar-refractivity contribution in [3.05, 3.63) is 65.2 Å². The van der Waals surface area contributed by atoms with Crippen LogP contribution in [-0.4, -0.2) is 18.8 Å². The van der Waals surface area contributed by atoms with Gasteiger partial charge in [0.15, 0.2) is 5.71 Å². The fourth-order valence-corrected chi connectivity index (χ4v) is 1.66. The van der Waals surface area contributed by atoms with Crippen molar-refractivity contribution in [3.63, 3.8) is 0 Å². The summed E-state index contributed by atoms with van der Waals surface area (Å²) in [5.41, 5.74) is 11.3. The van der Waals surface area contributed by atoms with E-state index in [1.54, 1.807) is 0 Å². The van der Waals surface area contributed by atoms with Gasteiger partial charge in [0.1, 0.15) is 11.6 Å². The number of carbonyl (C=O) groups excluding carboxylic acids is 1. The van der Waals surface area contributed by atoms with E-state index in [1.807, 2.05) is 0 Å². The first-order valence-corrected chi connectivity index (χ1v) is 6.39. The maximum atomic E-state index is 13.5. The highest BCUT2D eigenvalue weighted by atomic mass is 35.5. The molecule has 116 valence electrons. The van der Waals surface area contributed by atoms with Crippen LogP contribution in [0.15, 0.2) is 53.8 Å². The smallest absolute Gasteiger partial charge is 0.357 e. The zero-order valence-corrected chi connectivity index (χ0v) is 12.7. The van der Waals surface area contributed by atoms with E-state index in [9.17, 15) is 9.18 Å². The largest absolute Gasteiger partial charge is 0.464 e. The number of benzene rings is 1. The molecule has 4 N–H and O–H groups in total. The molecule has 0 aromatic heterocycles. The molecule has 1 aromatic rings. The second-order valence-corrected chi connectivity index (χ2v) is 4.51. The first-order chi connectivity index (χ1) is 10.3. The van der Waals surface area contributed by atoms with Crippen LogP contribution in [0.3, 0.4) is 0 Å². The maximum absolute atomic E-state index is 13.5. The van der Waals surface area contributed by atoms with Gasteiger partial charge in [-0.05, 0) is 12.1 Å².